The van der Waals surface area contributed by atoms with E-state index < -0.39 is 27.9 Å². The van der Waals surface area contributed by atoms with E-state index in [2.05, 4.69) is 5.32 Å². The highest BCUT2D eigenvalue weighted by Gasteiger charge is 2.23. The standard InChI is InChI=1S/C11H12ClFN2O3/c1-11(2,6-12)14-10(16)8-4-3-7(15(17)18)5-9(8)13/h3-5H,6H2,1-2H3,(H,14,16). The third kappa shape index (κ3) is 3.40. The molecule has 0 aromatic heterocycles. The summed E-state index contributed by atoms with van der Waals surface area (Å²) in [4.78, 5) is 21.4. The number of amides is 1. The minimum Gasteiger partial charge on any atom is -0.346 e. The SMILES string of the molecule is CC(C)(CCl)NC(=O)c1ccc([N+](=O)[O-])cc1F. The molecule has 0 radical (unpaired) electrons. The molecule has 0 unspecified atom stereocenters. The molecule has 1 aromatic rings. The van der Waals surface area contributed by atoms with Crippen LogP contribution < -0.4 is 5.32 Å². The van der Waals surface area contributed by atoms with Crippen molar-refractivity contribution < 1.29 is 14.1 Å². The first kappa shape index (κ1) is 14.4. The molecule has 7 heteroatoms. The quantitative estimate of drug-likeness (QED) is 0.521. The molecule has 0 aliphatic rings. The monoisotopic (exact) mass is 274 g/mol. The van der Waals surface area contributed by atoms with Gasteiger partial charge in [0.15, 0.2) is 0 Å². The number of carbonyl (C=O) groups is 1. The molecule has 1 amide bonds. The number of hydrogen-bond donors (Lipinski definition) is 1. The van der Waals surface area contributed by atoms with Gasteiger partial charge in [0, 0.05) is 17.5 Å². The lowest BCUT2D eigenvalue weighted by atomic mass is 10.1. The normalized spacial score (nSPS) is 11.1. The molecule has 0 aliphatic heterocycles. The summed E-state index contributed by atoms with van der Waals surface area (Å²) in [5.41, 5.74) is -1.34. The van der Waals surface area contributed by atoms with Gasteiger partial charge in [-0.2, -0.15) is 0 Å². The van der Waals surface area contributed by atoms with Gasteiger partial charge >= 0.3 is 0 Å². The molecule has 0 fully saturated rings. The Labute approximate surface area is 108 Å². The predicted octanol–water partition coefficient (Wildman–Crippen LogP) is 2.48. The highest BCUT2D eigenvalue weighted by Crippen LogP contribution is 2.17. The zero-order valence-corrected chi connectivity index (χ0v) is 10.6. The minimum atomic E-state index is -0.938. The summed E-state index contributed by atoms with van der Waals surface area (Å²) in [7, 11) is 0. The molecule has 5 nitrogen and oxygen atoms in total. The number of rotatable bonds is 4. The van der Waals surface area contributed by atoms with Gasteiger partial charge in [-0.15, -0.1) is 11.6 Å². The van der Waals surface area contributed by atoms with Gasteiger partial charge in [-0.05, 0) is 19.9 Å². The number of nitro groups is 1. The second-order valence-corrected chi connectivity index (χ2v) is 4.66. The summed E-state index contributed by atoms with van der Waals surface area (Å²) in [5, 5.41) is 13.0. The number of alkyl halides is 1. The zero-order valence-electron chi connectivity index (χ0n) is 9.87. The van der Waals surface area contributed by atoms with Crippen molar-refractivity contribution in [3.63, 3.8) is 0 Å². The van der Waals surface area contributed by atoms with Gasteiger partial charge in [0.05, 0.1) is 16.6 Å². The topological polar surface area (TPSA) is 72.2 Å². The molecule has 98 valence electrons. The molecule has 0 bridgehead atoms. The summed E-state index contributed by atoms with van der Waals surface area (Å²) in [5.74, 6) is -1.44. The lowest BCUT2D eigenvalue weighted by Crippen LogP contribution is -2.45. The molecule has 0 atom stereocenters. The molecular formula is C11H12ClFN2O3. The summed E-state index contributed by atoms with van der Waals surface area (Å²) in [6, 6.07) is 2.86. The largest absolute Gasteiger partial charge is 0.346 e. The number of carbonyl (C=O) groups excluding carboxylic acids is 1. The maximum Gasteiger partial charge on any atom is 0.272 e. The molecule has 0 saturated heterocycles. The van der Waals surface area contributed by atoms with E-state index in [1.54, 1.807) is 13.8 Å². The van der Waals surface area contributed by atoms with Gasteiger partial charge in [-0.3, -0.25) is 14.9 Å². The summed E-state index contributed by atoms with van der Waals surface area (Å²) < 4.78 is 13.5. The van der Waals surface area contributed by atoms with E-state index in [4.69, 9.17) is 11.6 Å². The lowest BCUT2D eigenvalue weighted by molar-refractivity contribution is -0.385. The van der Waals surface area contributed by atoms with Gasteiger partial charge in [-0.25, -0.2) is 4.39 Å². The van der Waals surface area contributed by atoms with Gasteiger partial charge in [0.2, 0.25) is 0 Å². The van der Waals surface area contributed by atoms with Crippen molar-refractivity contribution in [3.05, 3.63) is 39.7 Å². The summed E-state index contributed by atoms with van der Waals surface area (Å²) in [6.45, 7) is 3.36. The minimum absolute atomic E-state index is 0.160. The van der Waals surface area contributed by atoms with Gasteiger partial charge < -0.3 is 5.32 Å². The number of benzene rings is 1. The Bertz CT molecular complexity index is 491. The average Bonchev–Trinajstić information content (AvgIpc) is 2.28. The number of non-ortho nitro benzene ring substituents is 1. The van der Waals surface area contributed by atoms with Gasteiger partial charge in [0.25, 0.3) is 11.6 Å². The molecule has 0 saturated carbocycles. The Kier molecular flexibility index (Phi) is 4.24. The molecule has 1 rings (SSSR count). The van der Waals surface area contributed by atoms with Crippen molar-refractivity contribution in [1.82, 2.24) is 5.32 Å². The molecule has 18 heavy (non-hydrogen) atoms. The van der Waals surface area contributed by atoms with E-state index in [-0.39, 0.29) is 11.4 Å². The van der Waals surface area contributed by atoms with E-state index in [0.717, 1.165) is 12.1 Å². The van der Waals surface area contributed by atoms with Crippen LogP contribution in [0.3, 0.4) is 0 Å². The van der Waals surface area contributed by atoms with E-state index in [1.165, 1.54) is 0 Å². The van der Waals surface area contributed by atoms with E-state index >= 15 is 0 Å². The Morgan fingerprint density at radius 2 is 2.17 bits per heavy atom. The molecule has 0 spiro atoms. The molecule has 1 N–H and O–H groups in total. The first-order chi connectivity index (χ1) is 8.26. The summed E-state index contributed by atoms with van der Waals surface area (Å²) in [6.07, 6.45) is 0. The predicted molar refractivity (Wildman–Crippen MR) is 65.3 cm³/mol. The second kappa shape index (κ2) is 5.30. The van der Waals surface area contributed by atoms with Crippen LogP contribution in [0, 0.1) is 15.9 Å². The van der Waals surface area contributed by atoms with Crippen LogP contribution in [-0.4, -0.2) is 22.2 Å². The van der Waals surface area contributed by atoms with Gasteiger partial charge in [-0.1, -0.05) is 0 Å². The third-order valence-corrected chi connectivity index (χ3v) is 2.86. The van der Waals surface area contributed by atoms with Crippen LogP contribution in [0.4, 0.5) is 10.1 Å². The smallest absolute Gasteiger partial charge is 0.272 e. The zero-order chi connectivity index (χ0) is 13.9. The fraction of sp³-hybridized carbons (Fsp3) is 0.364. The Hall–Kier alpha value is -1.69. The maximum atomic E-state index is 13.5. The molecule has 0 aliphatic carbocycles. The van der Waals surface area contributed by atoms with Crippen molar-refractivity contribution >= 4 is 23.2 Å². The number of nitrogens with one attached hydrogen (secondary N) is 1. The number of hydrogen-bond acceptors (Lipinski definition) is 3. The van der Waals surface area contributed by atoms with Crippen molar-refractivity contribution in [1.29, 1.82) is 0 Å². The van der Waals surface area contributed by atoms with E-state index in [0.29, 0.717) is 6.07 Å². The molecule has 1 aromatic carbocycles. The van der Waals surface area contributed by atoms with E-state index in [1.807, 2.05) is 0 Å². The van der Waals surface area contributed by atoms with Crippen molar-refractivity contribution in [2.75, 3.05) is 5.88 Å². The number of nitrogens with zero attached hydrogens (tertiary/aromatic N) is 1. The second-order valence-electron chi connectivity index (χ2n) is 4.39. The fourth-order valence-corrected chi connectivity index (χ4v) is 1.28. The third-order valence-electron chi connectivity index (χ3n) is 2.19. The van der Waals surface area contributed by atoms with Crippen LogP contribution in [-0.2, 0) is 0 Å². The first-order valence-electron chi connectivity index (χ1n) is 5.09. The molecular weight excluding hydrogens is 263 g/mol. The average molecular weight is 275 g/mol. The van der Waals surface area contributed by atoms with Crippen LogP contribution in [0.2, 0.25) is 0 Å². The van der Waals surface area contributed by atoms with Crippen molar-refractivity contribution in [2.45, 2.75) is 19.4 Å². The van der Waals surface area contributed by atoms with E-state index in [9.17, 15) is 19.3 Å². The fourth-order valence-electron chi connectivity index (χ4n) is 1.21. The van der Waals surface area contributed by atoms with Crippen molar-refractivity contribution in [3.8, 4) is 0 Å². The van der Waals surface area contributed by atoms with Crippen molar-refractivity contribution in [2.24, 2.45) is 0 Å². The van der Waals surface area contributed by atoms with Crippen LogP contribution in [0.5, 0.6) is 0 Å². The summed E-state index contributed by atoms with van der Waals surface area (Å²) >= 11 is 5.63. The van der Waals surface area contributed by atoms with Crippen LogP contribution >= 0.6 is 11.6 Å². The molecule has 0 heterocycles. The highest BCUT2D eigenvalue weighted by atomic mass is 35.5. The number of halogens is 2. The van der Waals surface area contributed by atoms with Gasteiger partial charge in [0.1, 0.15) is 5.82 Å². The number of nitro benzene ring substituents is 1. The van der Waals surface area contributed by atoms with Crippen LogP contribution in [0.25, 0.3) is 0 Å². The van der Waals surface area contributed by atoms with Crippen LogP contribution in [0.15, 0.2) is 18.2 Å². The Morgan fingerprint density at radius 1 is 1.56 bits per heavy atom. The lowest BCUT2D eigenvalue weighted by Gasteiger charge is -2.23. The Balaban J connectivity index is 2.97. The maximum absolute atomic E-state index is 13.5. The van der Waals surface area contributed by atoms with Crippen LogP contribution in [0.1, 0.15) is 24.2 Å². The Morgan fingerprint density at radius 3 is 2.61 bits per heavy atom. The highest BCUT2D eigenvalue weighted by molar-refractivity contribution is 6.18. The first-order valence-corrected chi connectivity index (χ1v) is 5.63.